The minimum absolute atomic E-state index is 0.126. The Morgan fingerprint density at radius 1 is 1.13 bits per heavy atom. The third kappa shape index (κ3) is 8.01. The zero-order chi connectivity index (χ0) is 17.4. The normalized spacial score (nSPS) is 11.1. The highest BCUT2D eigenvalue weighted by Crippen LogP contribution is 2.25. The molecule has 0 spiro atoms. The highest BCUT2D eigenvalue weighted by Gasteiger charge is 2.10. The van der Waals surface area contributed by atoms with Crippen LogP contribution in [0.2, 0.25) is 5.02 Å². The number of carbonyl (C=O) groups excluding carboxylic acids is 1. The van der Waals surface area contributed by atoms with Crippen molar-refractivity contribution < 1.29 is 4.79 Å². The summed E-state index contributed by atoms with van der Waals surface area (Å²) in [6, 6.07) is 5.24. The van der Waals surface area contributed by atoms with E-state index in [2.05, 4.69) is 52.2 Å². The van der Waals surface area contributed by atoms with Crippen LogP contribution < -0.4 is 5.32 Å². The van der Waals surface area contributed by atoms with Gasteiger partial charge in [-0.2, -0.15) is 0 Å². The first kappa shape index (κ1) is 20.2. The first-order chi connectivity index (χ1) is 10.8. The van der Waals surface area contributed by atoms with Gasteiger partial charge in [0.25, 0.3) is 0 Å². The maximum absolute atomic E-state index is 12.1. The molecule has 5 nitrogen and oxygen atoms in total. The van der Waals surface area contributed by atoms with Crippen LogP contribution in [0.5, 0.6) is 0 Å². The maximum atomic E-state index is 12.1. The molecule has 2 amide bonds. The molecule has 1 aromatic rings. The van der Waals surface area contributed by atoms with Crippen molar-refractivity contribution in [3.8, 4) is 0 Å². The first-order valence-electron chi connectivity index (χ1n) is 7.60. The summed E-state index contributed by atoms with van der Waals surface area (Å²) in [5.41, 5.74) is 0.693. The van der Waals surface area contributed by atoms with E-state index in [0.29, 0.717) is 17.3 Å². The van der Waals surface area contributed by atoms with E-state index in [1.165, 1.54) is 0 Å². The number of likely N-dealkylation sites (N-methyl/N-ethyl adjacent to an activating group) is 2. The van der Waals surface area contributed by atoms with Gasteiger partial charge < -0.3 is 20.0 Å². The molecule has 0 aliphatic heterocycles. The number of benzene rings is 1. The molecule has 0 aliphatic rings. The highest BCUT2D eigenvalue weighted by molar-refractivity contribution is 9.10. The predicted molar refractivity (Wildman–Crippen MR) is 101 cm³/mol. The number of urea groups is 1. The van der Waals surface area contributed by atoms with Gasteiger partial charge in [0.15, 0.2) is 0 Å². The molecule has 0 radical (unpaired) electrons. The average Bonchev–Trinajstić information content (AvgIpc) is 2.48. The van der Waals surface area contributed by atoms with E-state index in [1.807, 2.05) is 12.1 Å². The predicted octanol–water partition coefficient (Wildman–Crippen LogP) is 3.45. The molecule has 0 aromatic heterocycles. The van der Waals surface area contributed by atoms with Crippen molar-refractivity contribution in [1.82, 2.24) is 14.7 Å². The standard InChI is InChI=1S/C16H26BrClN4O/c1-20(2)10-11-21(3)8-5-9-22(4)16(23)19-13-6-7-14(17)15(18)12-13/h6-7,12H,5,8-11H2,1-4H3,(H,19,23). The second kappa shape index (κ2) is 10.1. The lowest BCUT2D eigenvalue weighted by Crippen LogP contribution is -2.35. The van der Waals surface area contributed by atoms with Gasteiger partial charge in [-0.15, -0.1) is 0 Å². The van der Waals surface area contributed by atoms with Crippen molar-refractivity contribution in [3.05, 3.63) is 27.7 Å². The summed E-state index contributed by atoms with van der Waals surface area (Å²) in [6.45, 7) is 3.75. The van der Waals surface area contributed by atoms with E-state index >= 15 is 0 Å². The van der Waals surface area contributed by atoms with E-state index in [0.717, 1.165) is 30.5 Å². The molecule has 0 atom stereocenters. The second-order valence-corrected chi connectivity index (χ2v) is 7.20. The fraction of sp³-hybridized carbons (Fsp3) is 0.562. The second-order valence-electron chi connectivity index (χ2n) is 5.94. The van der Waals surface area contributed by atoms with Crippen molar-refractivity contribution in [2.45, 2.75) is 6.42 Å². The Balaban J connectivity index is 2.32. The summed E-state index contributed by atoms with van der Waals surface area (Å²) in [4.78, 5) is 18.3. The number of rotatable bonds is 8. The molecular weight excluding hydrogens is 380 g/mol. The molecule has 7 heteroatoms. The largest absolute Gasteiger partial charge is 0.328 e. The zero-order valence-corrected chi connectivity index (χ0v) is 16.6. The molecule has 1 aromatic carbocycles. The van der Waals surface area contributed by atoms with Gasteiger partial charge in [-0.1, -0.05) is 11.6 Å². The van der Waals surface area contributed by atoms with E-state index < -0.39 is 0 Å². The third-order valence-corrected chi connectivity index (χ3v) is 4.71. The Hall–Kier alpha value is -0.820. The molecule has 0 aliphatic carbocycles. The topological polar surface area (TPSA) is 38.8 Å². The van der Waals surface area contributed by atoms with E-state index in [9.17, 15) is 4.79 Å². The number of anilines is 1. The van der Waals surface area contributed by atoms with Crippen molar-refractivity contribution in [2.24, 2.45) is 0 Å². The van der Waals surface area contributed by atoms with Crippen LogP contribution in [0.25, 0.3) is 0 Å². The van der Waals surface area contributed by atoms with Crippen LogP contribution in [0.4, 0.5) is 10.5 Å². The van der Waals surface area contributed by atoms with Gasteiger partial charge in [-0.05, 0) is 68.2 Å². The Labute approximate surface area is 152 Å². The fourth-order valence-corrected chi connectivity index (χ4v) is 2.38. The highest BCUT2D eigenvalue weighted by atomic mass is 79.9. The number of carbonyl (C=O) groups is 1. The number of hydrogen-bond donors (Lipinski definition) is 1. The molecule has 130 valence electrons. The van der Waals surface area contributed by atoms with Crippen LogP contribution in [0.3, 0.4) is 0 Å². The Morgan fingerprint density at radius 2 is 1.83 bits per heavy atom. The monoisotopic (exact) mass is 404 g/mol. The van der Waals surface area contributed by atoms with E-state index in [4.69, 9.17) is 11.6 Å². The number of halogens is 2. The van der Waals surface area contributed by atoms with E-state index in [1.54, 1.807) is 18.0 Å². The molecule has 1 rings (SSSR count). The fourth-order valence-electron chi connectivity index (χ4n) is 1.95. The van der Waals surface area contributed by atoms with Crippen molar-refractivity contribution in [2.75, 3.05) is 59.7 Å². The summed E-state index contributed by atoms with van der Waals surface area (Å²) in [5, 5.41) is 3.43. The summed E-state index contributed by atoms with van der Waals surface area (Å²) in [5.74, 6) is 0. The molecule has 23 heavy (non-hydrogen) atoms. The quantitative estimate of drug-likeness (QED) is 0.720. The molecular formula is C16H26BrClN4O. The van der Waals surface area contributed by atoms with Crippen LogP contribution in [-0.4, -0.2) is 75.1 Å². The van der Waals surface area contributed by atoms with E-state index in [-0.39, 0.29) is 6.03 Å². The molecule has 0 saturated heterocycles. The van der Waals surface area contributed by atoms with Crippen LogP contribution in [-0.2, 0) is 0 Å². The minimum atomic E-state index is -0.126. The van der Waals surface area contributed by atoms with Gasteiger partial charge in [0, 0.05) is 36.8 Å². The van der Waals surface area contributed by atoms with Crippen LogP contribution >= 0.6 is 27.5 Å². The molecule has 0 unspecified atom stereocenters. The lowest BCUT2D eigenvalue weighted by molar-refractivity contribution is 0.217. The van der Waals surface area contributed by atoms with Gasteiger partial charge in [0.1, 0.15) is 0 Å². The number of nitrogens with one attached hydrogen (secondary N) is 1. The van der Waals surface area contributed by atoms with Gasteiger partial charge in [-0.3, -0.25) is 0 Å². The van der Waals surface area contributed by atoms with Gasteiger partial charge in [-0.25, -0.2) is 4.79 Å². The molecule has 0 bridgehead atoms. The Kier molecular flexibility index (Phi) is 8.91. The van der Waals surface area contributed by atoms with Gasteiger partial charge >= 0.3 is 6.03 Å². The van der Waals surface area contributed by atoms with Crippen LogP contribution in [0.1, 0.15) is 6.42 Å². The Morgan fingerprint density at radius 3 is 2.43 bits per heavy atom. The number of amides is 2. The summed E-state index contributed by atoms with van der Waals surface area (Å²) < 4.78 is 0.811. The first-order valence-corrected chi connectivity index (χ1v) is 8.77. The van der Waals surface area contributed by atoms with Crippen LogP contribution in [0.15, 0.2) is 22.7 Å². The number of nitrogens with zero attached hydrogens (tertiary/aromatic N) is 3. The zero-order valence-electron chi connectivity index (χ0n) is 14.3. The summed E-state index contributed by atoms with van der Waals surface area (Å²) in [6.07, 6.45) is 0.939. The SMILES string of the molecule is CN(C)CCN(C)CCCN(C)C(=O)Nc1ccc(Br)c(Cl)c1. The molecule has 0 fully saturated rings. The van der Waals surface area contributed by atoms with Crippen molar-refractivity contribution in [3.63, 3.8) is 0 Å². The summed E-state index contributed by atoms with van der Waals surface area (Å²) in [7, 11) is 8.05. The van der Waals surface area contributed by atoms with Gasteiger partial charge in [0.2, 0.25) is 0 Å². The average molecular weight is 406 g/mol. The molecule has 0 heterocycles. The number of hydrogen-bond acceptors (Lipinski definition) is 3. The maximum Gasteiger partial charge on any atom is 0.321 e. The lowest BCUT2D eigenvalue weighted by Gasteiger charge is -2.22. The third-order valence-electron chi connectivity index (χ3n) is 3.48. The van der Waals surface area contributed by atoms with Crippen LogP contribution in [0, 0.1) is 0 Å². The minimum Gasteiger partial charge on any atom is -0.328 e. The van der Waals surface area contributed by atoms with Gasteiger partial charge in [0.05, 0.1) is 5.02 Å². The Bertz CT molecular complexity index is 513. The smallest absolute Gasteiger partial charge is 0.321 e. The molecule has 0 saturated carbocycles. The summed E-state index contributed by atoms with van der Waals surface area (Å²) >= 11 is 9.36. The lowest BCUT2D eigenvalue weighted by atomic mass is 10.3. The van der Waals surface area contributed by atoms with Crippen molar-refractivity contribution >= 4 is 39.2 Å². The molecule has 1 N–H and O–H groups in total. The van der Waals surface area contributed by atoms with Crippen molar-refractivity contribution in [1.29, 1.82) is 0 Å².